The molecule has 1 aromatic rings. The number of nitrogens with zero attached hydrogens (tertiary/aromatic N) is 1. The number of rotatable bonds is 2. The summed E-state index contributed by atoms with van der Waals surface area (Å²) in [7, 11) is -3.71. The number of hydrogen-bond donors (Lipinski definition) is 2. The summed E-state index contributed by atoms with van der Waals surface area (Å²) in [6.45, 7) is 5.83. The summed E-state index contributed by atoms with van der Waals surface area (Å²) in [6, 6.07) is 2.34. The van der Waals surface area contributed by atoms with Crippen LogP contribution in [-0.2, 0) is 14.8 Å². The minimum atomic E-state index is -3.71. The van der Waals surface area contributed by atoms with Crippen molar-refractivity contribution in [2.75, 3.05) is 18.8 Å². The lowest BCUT2D eigenvalue weighted by Gasteiger charge is -2.32. The Morgan fingerprint density at radius 1 is 1.35 bits per heavy atom. The highest BCUT2D eigenvalue weighted by Gasteiger charge is 2.35. The van der Waals surface area contributed by atoms with Gasteiger partial charge in [0, 0.05) is 18.8 Å². The fourth-order valence-corrected chi connectivity index (χ4v) is 3.94. The van der Waals surface area contributed by atoms with Crippen molar-refractivity contribution in [1.29, 1.82) is 0 Å². The van der Waals surface area contributed by atoms with Crippen LogP contribution in [0.2, 0.25) is 0 Å². The van der Waals surface area contributed by atoms with Gasteiger partial charge in [-0.3, -0.25) is 4.79 Å². The van der Waals surface area contributed by atoms with E-state index in [1.165, 1.54) is 10.4 Å². The average molecular weight is 297 g/mol. The van der Waals surface area contributed by atoms with Crippen molar-refractivity contribution in [1.82, 2.24) is 9.62 Å². The van der Waals surface area contributed by atoms with Gasteiger partial charge >= 0.3 is 0 Å². The van der Waals surface area contributed by atoms with E-state index in [0.717, 1.165) is 11.1 Å². The van der Waals surface area contributed by atoms with Gasteiger partial charge in [0.1, 0.15) is 6.04 Å². The number of nitrogen functional groups attached to an aromatic ring is 1. The molecule has 0 aliphatic carbocycles. The van der Waals surface area contributed by atoms with E-state index in [-0.39, 0.29) is 17.3 Å². The van der Waals surface area contributed by atoms with E-state index in [2.05, 4.69) is 5.32 Å². The van der Waals surface area contributed by atoms with Crippen molar-refractivity contribution in [2.24, 2.45) is 0 Å². The molecule has 0 saturated carbocycles. The number of hydrogen-bond acceptors (Lipinski definition) is 4. The smallest absolute Gasteiger partial charge is 0.243 e. The topological polar surface area (TPSA) is 92.5 Å². The predicted molar refractivity (Wildman–Crippen MR) is 76.7 cm³/mol. The summed E-state index contributed by atoms with van der Waals surface area (Å²) in [6.07, 6.45) is 0. The van der Waals surface area contributed by atoms with Crippen LogP contribution in [-0.4, -0.2) is 37.8 Å². The highest BCUT2D eigenvalue weighted by Crippen LogP contribution is 2.25. The summed E-state index contributed by atoms with van der Waals surface area (Å²) in [4.78, 5) is 11.8. The first-order valence-electron chi connectivity index (χ1n) is 6.41. The van der Waals surface area contributed by atoms with Gasteiger partial charge in [-0.05, 0) is 44.0 Å². The highest BCUT2D eigenvalue weighted by atomic mass is 32.2. The van der Waals surface area contributed by atoms with E-state index < -0.39 is 16.1 Å². The lowest BCUT2D eigenvalue weighted by molar-refractivity contribution is -0.126. The van der Waals surface area contributed by atoms with Crippen LogP contribution < -0.4 is 11.1 Å². The van der Waals surface area contributed by atoms with Crippen molar-refractivity contribution in [2.45, 2.75) is 31.7 Å². The second-order valence-corrected chi connectivity index (χ2v) is 6.93. The number of anilines is 1. The average Bonchev–Trinajstić information content (AvgIpc) is 2.38. The normalized spacial score (nSPS) is 20.8. The SMILES string of the molecule is Cc1cc(S(=O)(=O)N2CCNC(=O)C2C)cc(N)c1C. The molecule has 0 spiro atoms. The van der Waals surface area contributed by atoms with Crippen LogP contribution >= 0.6 is 0 Å². The highest BCUT2D eigenvalue weighted by molar-refractivity contribution is 7.89. The van der Waals surface area contributed by atoms with Crippen molar-refractivity contribution in [3.63, 3.8) is 0 Å². The quantitative estimate of drug-likeness (QED) is 0.773. The van der Waals surface area contributed by atoms with Gasteiger partial charge in [-0.2, -0.15) is 4.31 Å². The van der Waals surface area contributed by atoms with E-state index in [1.54, 1.807) is 13.0 Å². The molecule has 1 aromatic carbocycles. The molecule has 1 aliphatic rings. The van der Waals surface area contributed by atoms with Gasteiger partial charge in [0.15, 0.2) is 0 Å². The van der Waals surface area contributed by atoms with Gasteiger partial charge in [-0.15, -0.1) is 0 Å². The van der Waals surface area contributed by atoms with Crippen molar-refractivity contribution in [3.05, 3.63) is 23.3 Å². The third kappa shape index (κ3) is 2.38. The zero-order chi connectivity index (χ0) is 15.1. The van der Waals surface area contributed by atoms with Gasteiger partial charge in [0.05, 0.1) is 4.90 Å². The second-order valence-electron chi connectivity index (χ2n) is 5.04. The molecule has 3 N–H and O–H groups in total. The Kier molecular flexibility index (Phi) is 3.75. The third-order valence-electron chi connectivity index (χ3n) is 3.73. The Morgan fingerprint density at radius 3 is 2.60 bits per heavy atom. The lowest BCUT2D eigenvalue weighted by atomic mass is 10.1. The molecule has 6 nitrogen and oxygen atoms in total. The Balaban J connectivity index is 2.47. The van der Waals surface area contributed by atoms with Crippen LogP contribution in [0.4, 0.5) is 5.69 Å². The van der Waals surface area contributed by atoms with Gasteiger partial charge in [0.25, 0.3) is 0 Å². The minimum absolute atomic E-state index is 0.139. The largest absolute Gasteiger partial charge is 0.398 e. The summed E-state index contributed by atoms with van der Waals surface area (Å²) in [5.74, 6) is -0.281. The molecule has 20 heavy (non-hydrogen) atoms. The maximum atomic E-state index is 12.6. The molecule has 7 heteroatoms. The van der Waals surface area contributed by atoms with E-state index in [1.807, 2.05) is 13.8 Å². The number of nitrogens with one attached hydrogen (secondary N) is 1. The van der Waals surface area contributed by atoms with Crippen molar-refractivity contribution < 1.29 is 13.2 Å². The molecule has 0 radical (unpaired) electrons. The number of carbonyl (C=O) groups excluding carboxylic acids is 1. The van der Waals surface area contributed by atoms with Crippen LogP contribution in [0.25, 0.3) is 0 Å². The van der Waals surface area contributed by atoms with Crippen molar-refractivity contribution in [3.8, 4) is 0 Å². The van der Waals surface area contributed by atoms with E-state index in [4.69, 9.17) is 5.73 Å². The summed E-state index contributed by atoms with van der Waals surface area (Å²) in [5, 5.41) is 2.65. The number of benzene rings is 1. The first kappa shape index (κ1) is 14.8. The Morgan fingerprint density at radius 2 is 2.00 bits per heavy atom. The number of carbonyl (C=O) groups is 1. The van der Waals surface area contributed by atoms with Crippen LogP contribution in [0.1, 0.15) is 18.1 Å². The summed E-state index contributed by atoms with van der Waals surface area (Å²) in [5.41, 5.74) is 7.98. The molecule has 2 rings (SSSR count). The molecule has 1 unspecified atom stereocenters. The molecule has 1 fully saturated rings. The maximum Gasteiger partial charge on any atom is 0.243 e. The maximum absolute atomic E-state index is 12.6. The van der Waals surface area contributed by atoms with Crippen molar-refractivity contribution >= 4 is 21.6 Å². The zero-order valence-electron chi connectivity index (χ0n) is 11.8. The lowest BCUT2D eigenvalue weighted by Crippen LogP contribution is -2.55. The van der Waals surface area contributed by atoms with Crippen LogP contribution in [0.3, 0.4) is 0 Å². The fraction of sp³-hybridized carbons (Fsp3) is 0.462. The Hall–Kier alpha value is -1.60. The Bertz CT molecular complexity index is 632. The number of sulfonamides is 1. The number of nitrogens with two attached hydrogens (primary N) is 1. The van der Waals surface area contributed by atoms with Gasteiger partial charge in [-0.1, -0.05) is 0 Å². The van der Waals surface area contributed by atoms with Crippen LogP contribution in [0.15, 0.2) is 17.0 Å². The molecule has 1 atom stereocenters. The zero-order valence-corrected chi connectivity index (χ0v) is 12.6. The molecular weight excluding hydrogens is 278 g/mol. The van der Waals surface area contributed by atoms with Gasteiger partial charge < -0.3 is 11.1 Å². The molecule has 1 amide bonds. The fourth-order valence-electron chi connectivity index (χ4n) is 2.23. The summed E-state index contributed by atoms with van der Waals surface area (Å²) < 4.78 is 26.5. The number of aryl methyl sites for hydroxylation is 1. The molecule has 0 aromatic heterocycles. The second kappa shape index (κ2) is 5.06. The standard InChI is InChI=1S/C13H19N3O3S/c1-8-6-11(7-12(14)9(8)2)20(18,19)16-5-4-15-13(17)10(16)3/h6-7,10H,4-5,14H2,1-3H3,(H,15,17). The summed E-state index contributed by atoms with van der Waals surface area (Å²) >= 11 is 0. The van der Waals surface area contributed by atoms with Crippen LogP contribution in [0.5, 0.6) is 0 Å². The number of amides is 1. The molecular formula is C13H19N3O3S. The number of piperazine rings is 1. The van der Waals surface area contributed by atoms with E-state index >= 15 is 0 Å². The van der Waals surface area contributed by atoms with E-state index in [0.29, 0.717) is 12.2 Å². The third-order valence-corrected chi connectivity index (χ3v) is 5.68. The first-order chi connectivity index (χ1) is 9.25. The monoisotopic (exact) mass is 297 g/mol. The van der Waals surface area contributed by atoms with Crippen LogP contribution in [0, 0.1) is 13.8 Å². The molecule has 1 heterocycles. The molecule has 1 aliphatic heterocycles. The van der Waals surface area contributed by atoms with Gasteiger partial charge in [-0.25, -0.2) is 8.42 Å². The minimum Gasteiger partial charge on any atom is -0.398 e. The molecule has 1 saturated heterocycles. The predicted octanol–water partition coefficient (Wildman–Crippen LogP) is 0.395. The van der Waals surface area contributed by atoms with Gasteiger partial charge in [0.2, 0.25) is 15.9 Å². The first-order valence-corrected chi connectivity index (χ1v) is 7.85. The molecule has 110 valence electrons. The Labute approximate surface area is 119 Å². The van der Waals surface area contributed by atoms with E-state index in [9.17, 15) is 13.2 Å². The molecule has 0 bridgehead atoms.